The highest BCUT2D eigenvalue weighted by Gasteiger charge is 2.23. The van der Waals surface area contributed by atoms with Crippen molar-refractivity contribution in [1.82, 2.24) is 14.7 Å². The van der Waals surface area contributed by atoms with Gasteiger partial charge < -0.3 is 10.5 Å². The monoisotopic (exact) mass is 268 g/mol. The molecule has 5 nitrogen and oxygen atoms in total. The molecular formula is C12H20N4OS. The first-order chi connectivity index (χ1) is 8.60. The zero-order valence-electron chi connectivity index (χ0n) is 10.9. The van der Waals surface area contributed by atoms with Gasteiger partial charge in [0.2, 0.25) is 0 Å². The second kappa shape index (κ2) is 5.77. The molecule has 0 amide bonds. The fraction of sp³-hybridized carbons (Fsp3) is 0.667. The first-order valence-corrected chi connectivity index (χ1v) is 6.67. The van der Waals surface area contributed by atoms with E-state index in [2.05, 4.69) is 23.0 Å². The lowest BCUT2D eigenvalue weighted by molar-refractivity contribution is 0.00298. The van der Waals surface area contributed by atoms with E-state index in [9.17, 15) is 0 Å². The van der Waals surface area contributed by atoms with E-state index in [1.54, 1.807) is 0 Å². The van der Waals surface area contributed by atoms with Crippen molar-refractivity contribution in [1.29, 1.82) is 0 Å². The maximum Gasteiger partial charge on any atom is 0.120 e. The van der Waals surface area contributed by atoms with E-state index < -0.39 is 0 Å². The second-order valence-electron chi connectivity index (χ2n) is 4.59. The van der Waals surface area contributed by atoms with Gasteiger partial charge in [0.1, 0.15) is 11.1 Å². The number of hydrogen-bond acceptors (Lipinski definition) is 4. The molecule has 1 aliphatic rings. The number of ether oxygens (including phenoxy) is 1. The van der Waals surface area contributed by atoms with E-state index >= 15 is 0 Å². The van der Waals surface area contributed by atoms with Gasteiger partial charge >= 0.3 is 0 Å². The highest BCUT2D eigenvalue weighted by Crippen LogP contribution is 2.12. The van der Waals surface area contributed by atoms with Crippen LogP contribution in [0.15, 0.2) is 6.07 Å². The molecule has 2 N–H and O–H groups in total. The largest absolute Gasteiger partial charge is 0.391 e. The average Bonchev–Trinajstić information content (AvgIpc) is 2.69. The summed E-state index contributed by atoms with van der Waals surface area (Å²) < 4.78 is 7.58. The van der Waals surface area contributed by atoms with Gasteiger partial charge in [-0.3, -0.25) is 9.58 Å². The highest BCUT2D eigenvalue weighted by molar-refractivity contribution is 7.80. The number of rotatable bonds is 4. The standard InChI is InChI=1S/C12H20N4OS/c1-3-16-10(6-9(2)14-16)7-15-4-5-17-11(8-15)12(13)18/h6,11H,3-5,7-8H2,1-2H3,(H2,13,18). The lowest BCUT2D eigenvalue weighted by Crippen LogP contribution is -2.47. The molecule has 100 valence electrons. The summed E-state index contributed by atoms with van der Waals surface area (Å²) in [5.74, 6) is 0. The predicted molar refractivity (Wildman–Crippen MR) is 74.4 cm³/mol. The number of thiocarbonyl (C=S) groups is 1. The summed E-state index contributed by atoms with van der Waals surface area (Å²) >= 11 is 4.99. The van der Waals surface area contributed by atoms with Crippen molar-refractivity contribution in [2.45, 2.75) is 33.0 Å². The summed E-state index contributed by atoms with van der Waals surface area (Å²) in [7, 11) is 0. The molecule has 1 fully saturated rings. The topological polar surface area (TPSA) is 56.3 Å². The molecule has 6 heteroatoms. The van der Waals surface area contributed by atoms with Gasteiger partial charge in [-0.25, -0.2) is 0 Å². The van der Waals surface area contributed by atoms with Crippen LogP contribution in [0.25, 0.3) is 0 Å². The van der Waals surface area contributed by atoms with E-state index in [1.807, 2.05) is 11.6 Å². The van der Waals surface area contributed by atoms with Crippen molar-refractivity contribution >= 4 is 17.2 Å². The van der Waals surface area contributed by atoms with Crippen LogP contribution in [0.2, 0.25) is 0 Å². The molecule has 1 aromatic heterocycles. The van der Waals surface area contributed by atoms with Crippen LogP contribution in [0.1, 0.15) is 18.3 Å². The number of morpholine rings is 1. The number of hydrogen-bond donors (Lipinski definition) is 1. The smallest absolute Gasteiger partial charge is 0.120 e. The first kappa shape index (κ1) is 13.5. The number of nitrogens with two attached hydrogens (primary N) is 1. The van der Waals surface area contributed by atoms with Crippen LogP contribution in [0.3, 0.4) is 0 Å². The average molecular weight is 268 g/mol. The summed E-state index contributed by atoms with van der Waals surface area (Å²) in [5.41, 5.74) is 7.94. The van der Waals surface area contributed by atoms with E-state index in [0.29, 0.717) is 11.6 Å². The van der Waals surface area contributed by atoms with Crippen LogP contribution in [0, 0.1) is 6.92 Å². The zero-order chi connectivity index (χ0) is 13.1. The van der Waals surface area contributed by atoms with Crippen molar-refractivity contribution in [3.63, 3.8) is 0 Å². The van der Waals surface area contributed by atoms with E-state index in [-0.39, 0.29) is 6.10 Å². The Bertz CT molecular complexity index is 432. The minimum Gasteiger partial charge on any atom is -0.391 e. The predicted octanol–water partition coefficient (Wildman–Crippen LogP) is 0.698. The van der Waals surface area contributed by atoms with E-state index in [0.717, 1.165) is 31.9 Å². The van der Waals surface area contributed by atoms with Gasteiger partial charge in [0.25, 0.3) is 0 Å². The Morgan fingerprint density at radius 1 is 1.67 bits per heavy atom. The van der Waals surface area contributed by atoms with E-state index in [4.69, 9.17) is 22.7 Å². The molecular weight excluding hydrogens is 248 g/mol. The maximum atomic E-state index is 5.65. The molecule has 1 unspecified atom stereocenters. The third-order valence-corrected chi connectivity index (χ3v) is 3.40. The van der Waals surface area contributed by atoms with Gasteiger partial charge in [0, 0.05) is 26.2 Å². The van der Waals surface area contributed by atoms with Crippen molar-refractivity contribution < 1.29 is 4.74 Å². The molecule has 0 aromatic carbocycles. The van der Waals surface area contributed by atoms with Crippen LogP contribution in [-0.4, -0.2) is 45.5 Å². The zero-order valence-corrected chi connectivity index (χ0v) is 11.7. The number of nitrogens with zero attached hydrogens (tertiary/aromatic N) is 3. The third-order valence-electron chi connectivity index (χ3n) is 3.14. The molecule has 1 aromatic rings. The fourth-order valence-corrected chi connectivity index (χ4v) is 2.39. The lowest BCUT2D eigenvalue weighted by atomic mass is 10.2. The van der Waals surface area contributed by atoms with Gasteiger partial charge in [-0.1, -0.05) is 12.2 Å². The molecule has 0 spiro atoms. The van der Waals surface area contributed by atoms with Gasteiger partial charge in [-0.05, 0) is 19.9 Å². The summed E-state index contributed by atoms with van der Waals surface area (Å²) in [6, 6.07) is 2.13. The summed E-state index contributed by atoms with van der Waals surface area (Å²) in [5, 5.41) is 4.46. The van der Waals surface area contributed by atoms with Gasteiger partial charge in [0.05, 0.1) is 18.0 Å². The van der Waals surface area contributed by atoms with Gasteiger partial charge in [-0.15, -0.1) is 0 Å². The Balaban J connectivity index is 2.02. The van der Waals surface area contributed by atoms with Crippen molar-refractivity contribution in [2.75, 3.05) is 19.7 Å². The Morgan fingerprint density at radius 2 is 2.44 bits per heavy atom. The number of aryl methyl sites for hydroxylation is 2. The van der Waals surface area contributed by atoms with E-state index in [1.165, 1.54) is 5.69 Å². The van der Waals surface area contributed by atoms with Crippen LogP contribution in [0.4, 0.5) is 0 Å². The first-order valence-electron chi connectivity index (χ1n) is 6.26. The van der Waals surface area contributed by atoms with Crippen LogP contribution < -0.4 is 5.73 Å². The normalized spacial score (nSPS) is 21.1. The maximum absolute atomic E-state index is 5.65. The quantitative estimate of drug-likeness (QED) is 0.815. The molecule has 2 heterocycles. The van der Waals surface area contributed by atoms with Gasteiger partial charge in [-0.2, -0.15) is 5.10 Å². The third kappa shape index (κ3) is 3.07. The summed E-state index contributed by atoms with van der Waals surface area (Å²) in [4.78, 5) is 2.76. The minimum atomic E-state index is -0.118. The van der Waals surface area contributed by atoms with Gasteiger partial charge in [0.15, 0.2) is 0 Å². The lowest BCUT2D eigenvalue weighted by Gasteiger charge is -2.32. The summed E-state index contributed by atoms with van der Waals surface area (Å²) in [6.07, 6.45) is -0.118. The Kier molecular flexibility index (Phi) is 4.31. The molecule has 18 heavy (non-hydrogen) atoms. The highest BCUT2D eigenvalue weighted by atomic mass is 32.1. The molecule has 0 bridgehead atoms. The Labute approximate surface area is 113 Å². The Morgan fingerprint density at radius 3 is 3.11 bits per heavy atom. The minimum absolute atomic E-state index is 0.118. The van der Waals surface area contributed by atoms with Crippen molar-refractivity contribution in [2.24, 2.45) is 5.73 Å². The fourth-order valence-electron chi connectivity index (χ4n) is 2.25. The molecule has 1 aliphatic heterocycles. The molecule has 0 aliphatic carbocycles. The van der Waals surface area contributed by atoms with Crippen LogP contribution in [0.5, 0.6) is 0 Å². The SMILES string of the molecule is CCn1nc(C)cc1CN1CCOC(C(N)=S)C1. The molecule has 1 saturated heterocycles. The summed E-state index contributed by atoms with van der Waals surface area (Å²) in [6.45, 7) is 8.25. The van der Waals surface area contributed by atoms with Crippen LogP contribution >= 0.6 is 12.2 Å². The second-order valence-corrected chi connectivity index (χ2v) is 5.06. The molecule has 0 saturated carbocycles. The van der Waals surface area contributed by atoms with Crippen molar-refractivity contribution in [3.8, 4) is 0 Å². The van der Waals surface area contributed by atoms with Crippen LogP contribution in [-0.2, 0) is 17.8 Å². The molecule has 2 rings (SSSR count). The number of aromatic nitrogens is 2. The molecule has 0 radical (unpaired) electrons. The molecule has 1 atom stereocenters. The van der Waals surface area contributed by atoms with Crippen molar-refractivity contribution in [3.05, 3.63) is 17.5 Å². The Hall–Kier alpha value is -0.980.